The minimum Gasteiger partial charge on any atom is -0.348 e. The van der Waals surface area contributed by atoms with Gasteiger partial charge in [0.05, 0.1) is 13.2 Å². The number of aromatic nitrogens is 1. The quantitative estimate of drug-likeness (QED) is 0.676. The van der Waals surface area contributed by atoms with Gasteiger partial charge in [0, 0.05) is 30.2 Å². The van der Waals surface area contributed by atoms with E-state index in [0.717, 1.165) is 12.1 Å². The van der Waals surface area contributed by atoms with E-state index in [9.17, 15) is 4.79 Å². The molecule has 4 atom stereocenters. The van der Waals surface area contributed by atoms with Crippen molar-refractivity contribution in [2.75, 3.05) is 13.2 Å². The van der Waals surface area contributed by atoms with E-state index in [-0.39, 0.29) is 5.91 Å². The molecule has 172 valence electrons. The second-order valence-electron chi connectivity index (χ2n) is 10.1. The maximum absolute atomic E-state index is 14.0. The zero-order chi connectivity index (χ0) is 22.5. The maximum Gasteiger partial charge on any atom is 0.286 e. The van der Waals surface area contributed by atoms with Crippen molar-refractivity contribution < 1.29 is 28.5 Å². The van der Waals surface area contributed by atoms with Crippen LogP contribution >= 0.6 is 0 Å². The molecule has 0 N–H and O–H groups in total. The van der Waals surface area contributed by atoms with Gasteiger partial charge in [-0.2, -0.15) is 0 Å². The first-order valence-electron chi connectivity index (χ1n) is 11.3. The number of hydrogen-bond donors (Lipinski definition) is 0. The lowest BCUT2D eigenvalue weighted by atomic mass is 9.99. The van der Waals surface area contributed by atoms with Gasteiger partial charge in [0.25, 0.3) is 11.7 Å². The summed E-state index contributed by atoms with van der Waals surface area (Å²) in [4.78, 5) is 15.9. The summed E-state index contributed by atoms with van der Waals surface area (Å²) in [6.45, 7) is 8.75. The van der Waals surface area contributed by atoms with Crippen LogP contribution in [-0.4, -0.2) is 64.2 Å². The number of benzene rings is 1. The lowest BCUT2D eigenvalue weighted by Gasteiger charge is -2.38. The Morgan fingerprint density at radius 2 is 1.84 bits per heavy atom. The molecule has 2 aromatic rings. The Labute approximate surface area is 187 Å². The van der Waals surface area contributed by atoms with Gasteiger partial charge in [0.15, 0.2) is 17.7 Å². The summed E-state index contributed by atoms with van der Waals surface area (Å²) in [5.41, 5.74) is 3.64. The van der Waals surface area contributed by atoms with Crippen molar-refractivity contribution >= 4 is 16.8 Å². The average molecular weight is 443 g/mol. The van der Waals surface area contributed by atoms with Gasteiger partial charge in [-0.05, 0) is 45.7 Å². The summed E-state index contributed by atoms with van der Waals surface area (Å²) in [6, 6.07) is 8.38. The SMILES string of the molecule is Cn1c2c(c3ccccc31)CCN(C(=O)[C@@]13O[C@H]4COC(C)(C)O[C@H]4[C@@H]1OC(C)(C)O3)C2. The Bertz CT molecular complexity index is 1110. The molecular weight excluding hydrogens is 412 g/mol. The van der Waals surface area contributed by atoms with Crippen LogP contribution in [0.2, 0.25) is 0 Å². The topological polar surface area (TPSA) is 71.4 Å². The standard InChI is InChI=1S/C24H30N2O6/c1-22(2)28-13-18-19(30-22)20-24(29-18,32-23(3,4)31-20)21(27)26-11-10-15-14-8-6-7-9-16(14)25(5)17(15)12-26/h6-9,18-20H,10-13H2,1-5H3/t18-,19+,20-,24+/m0/s1. The highest BCUT2D eigenvalue weighted by atomic mass is 16.9. The van der Waals surface area contributed by atoms with Gasteiger partial charge < -0.3 is 33.2 Å². The van der Waals surface area contributed by atoms with Gasteiger partial charge in [-0.1, -0.05) is 18.2 Å². The van der Waals surface area contributed by atoms with E-state index in [4.69, 9.17) is 23.7 Å². The molecule has 0 saturated carbocycles. The number of hydrogen-bond acceptors (Lipinski definition) is 6. The highest BCUT2D eigenvalue weighted by molar-refractivity contribution is 5.88. The third-order valence-corrected chi connectivity index (χ3v) is 7.09. The van der Waals surface area contributed by atoms with Crippen molar-refractivity contribution in [3.8, 4) is 0 Å². The minimum atomic E-state index is -1.54. The van der Waals surface area contributed by atoms with E-state index in [2.05, 4.69) is 29.8 Å². The maximum atomic E-state index is 14.0. The molecule has 3 saturated heterocycles. The van der Waals surface area contributed by atoms with Crippen LogP contribution in [0.4, 0.5) is 0 Å². The van der Waals surface area contributed by atoms with Crippen LogP contribution in [0.3, 0.4) is 0 Å². The summed E-state index contributed by atoms with van der Waals surface area (Å²) in [5.74, 6) is -3.48. The number of aryl methyl sites for hydroxylation is 1. The molecule has 1 aromatic carbocycles. The second-order valence-corrected chi connectivity index (χ2v) is 10.1. The lowest BCUT2D eigenvalue weighted by Crippen LogP contribution is -2.56. The van der Waals surface area contributed by atoms with Crippen molar-refractivity contribution in [2.24, 2.45) is 7.05 Å². The van der Waals surface area contributed by atoms with Crippen LogP contribution < -0.4 is 0 Å². The smallest absolute Gasteiger partial charge is 0.286 e. The zero-order valence-corrected chi connectivity index (χ0v) is 19.2. The van der Waals surface area contributed by atoms with E-state index in [0.29, 0.717) is 19.7 Å². The molecule has 0 spiro atoms. The fourth-order valence-corrected chi connectivity index (χ4v) is 5.72. The number of carbonyl (C=O) groups excluding carboxylic acids is 1. The molecule has 1 aromatic heterocycles. The molecule has 4 aliphatic rings. The molecule has 0 radical (unpaired) electrons. The monoisotopic (exact) mass is 442 g/mol. The first kappa shape index (κ1) is 20.6. The molecule has 8 heteroatoms. The van der Waals surface area contributed by atoms with Crippen LogP contribution in [0, 0.1) is 0 Å². The minimum absolute atomic E-state index is 0.209. The molecule has 6 rings (SSSR count). The molecule has 5 heterocycles. The van der Waals surface area contributed by atoms with Crippen LogP contribution in [0.25, 0.3) is 10.9 Å². The molecule has 32 heavy (non-hydrogen) atoms. The summed E-state index contributed by atoms with van der Waals surface area (Å²) < 4.78 is 32.9. The normalized spacial score (nSPS) is 34.9. The number of fused-ring (bicyclic) bond motifs is 6. The number of ether oxygens (including phenoxy) is 5. The van der Waals surface area contributed by atoms with Crippen molar-refractivity contribution in [3.05, 3.63) is 35.5 Å². The van der Waals surface area contributed by atoms with Gasteiger partial charge in [0.1, 0.15) is 12.2 Å². The van der Waals surface area contributed by atoms with E-state index in [1.54, 1.807) is 13.8 Å². The number of amides is 1. The average Bonchev–Trinajstić information content (AvgIpc) is 3.30. The first-order chi connectivity index (χ1) is 15.1. The Kier molecular flexibility index (Phi) is 4.22. The predicted octanol–water partition coefficient (Wildman–Crippen LogP) is 2.46. The van der Waals surface area contributed by atoms with Gasteiger partial charge in [-0.25, -0.2) is 0 Å². The van der Waals surface area contributed by atoms with Gasteiger partial charge in [-0.3, -0.25) is 4.79 Å². The fourth-order valence-electron chi connectivity index (χ4n) is 5.72. The second kappa shape index (κ2) is 6.55. The molecular formula is C24H30N2O6. The number of rotatable bonds is 1. The summed E-state index contributed by atoms with van der Waals surface area (Å²) in [6.07, 6.45) is -0.743. The van der Waals surface area contributed by atoms with Crippen LogP contribution in [0.5, 0.6) is 0 Å². The predicted molar refractivity (Wildman–Crippen MR) is 115 cm³/mol. The van der Waals surface area contributed by atoms with Crippen LogP contribution in [0.15, 0.2) is 24.3 Å². The fraction of sp³-hybridized carbons (Fsp3) is 0.625. The first-order valence-corrected chi connectivity index (χ1v) is 11.3. The molecule has 8 nitrogen and oxygen atoms in total. The van der Waals surface area contributed by atoms with Crippen LogP contribution in [-0.2, 0) is 48.5 Å². The molecule has 0 aliphatic carbocycles. The van der Waals surface area contributed by atoms with Gasteiger partial charge >= 0.3 is 0 Å². The van der Waals surface area contributed by atoms with Crippen molar-refractivity contribution in [1.29, 1.82) is 0 Å². The molecule has 1 amide bonds. The van der Waals surface area contributed by atoms with Crippen molar-refractivity contribution in [2.45, 2.75) is 76.3 Å². The molecule has 0 unspecified atom stereocenters. The summed E-state index contributed by atoms with van der Waals surface area (Å²) >= 11 is 0. The van der Waals surface area contributed by atoms with E-state index >= 15 is 0 Å². The largest absolute Gasteiger partial charge is 0.348 e. The van der Waals surface area contributed by atoms with Crippen molar-refractivity contribution in [3.63, 3.8) is 0 Å². The van der Waals surface area contributed by atoms with Gasteiger partial charge in [0.2, 0.25) is 0 Å². The Balaban J connectivity index is 1.34. The molecule has 3 fully saturated rings. The number of para-hydroxylation sites is 1. The summed E-state index contributed by atoms with van der Waals surface area (Å²) in [7, 11) is 2.06. The molecule has 4 aliphatic heterocycles. The van der Waals surface area contributed by atoms with Crippen LogP contribution in [0.1, 0.15) is 39.0 Å². The van der Waals surface area contributed by atoms with E-state index in [1.165, 1.54) is 16.5 Å². The van der Waals surface area contributed by atoms with E-state index < -0.39 is 35.7 Å². The van der Waals surface area contributed by atoms with E-state index in [1.807, 2.05) is 24.8 Å². The zero-order valence-electron chi connectivity index (χ0n) is 19.2. The van der Waals surface area contributed by atoms with Crippen molar-refractivity contribution in [1.82, 2.24) is 9.47 Å². The highest BCUT2D eigenvalue weighted by Crippen LogP contribution is 2.50. The Morgan fingerprint density at radius 1 is 1.06 bits per heavy atom. The van der Waals surface area contributed by atoms with Gasteiger partial charge in [-0.15, -0.1) is 0 Å². The number of nitrogens with zero attached hydrogens (tertiary/aromatic N) is 2. The Hall–Kier alpha value is -1.97. The highest BCUT2D eigenvalue weighted by Gasteiger charge is 2.71. The third kappa shape index (κ3) is 2.83. The number of carbonyl (C=O) groups is 1. The Morgan fingerprint density at radius 3 is 2.66 bits per heavy atom. The third-order valence-electron chi connectivity index (χ3n) is 7.09. The lowest BCUT2D eigenvalue weighted by molar-refractivity contribution is -0.325. The molecule has 0 bridgehead atoms. The summed E-state index contributed by atoms with van der Waals surface area (Å²) in [5, 5.41) is 1.26.